The molecule has 1 atom stereocenters. The molecule has 0 radical (unpaired) electrons. The molecule has 0 N–H and O–H groups in total. The molecule has 0 fully saturated rings. The minimum absolute atomic E-state index is 0.347. The van der Waals surface area contributed by atoms with Crippen molar-refractivity contribution >= 4 is 7.82 Å². The van der Waals surface area contributed by atoms with Gasteiger partial charge in [-0.2, -0.15) is 0 Å². The molecule has 11 heavy (non-hydrogen) atoms. The minimum Gasteiger partial charge on any atom is -0.290 e. The van der Waals surface area contributed by atoms with Gasteiger partial charge in [-0.05, 0) is 6.92 Å². The molecule has 0 spiro atoms. The van der Waals surface area contributed by atoms with Crippen LogP contribution in [0.5, 0.6) is 0 Å². The number of hydrogen-bond acceptors (Lipinski definition) is 4. The smallest absolute Gasteiger partial charge is 0.290 e. The number of hydrogen-bond donors (Lipinski definition) is 0. The third-order valence-electron chi connectivity index (χ3n) is 1.07. The third-order valence-corrected chi connectivity index (χ3v) is 2.56. The Morgan fingerprint density at radius 1 is 1.45 bits per heavy atom. The Hall–Kier alpha value is -0.150. The van der Waals surface area contributed by atoms with Crippen LogP contribution in [0.25, 0.3) is 0 Å². The molecule has 0 saturated carbocycles. The zero-order valence-electron chi connectivity index (χ0n) is 6.94. The van der Waals surface area contributed by atoms with Crippen molar-refractivity contribution in [2.24, 2.45) is 0 Å². The SMILES string of the molecule is C=CC(C)OP(=O)(OC)OC. The lowest BCUT2D eigenvalue weighted by Gasteiger charge is -2.15. The lowest BCUT2D eigenvalue weighted by atomic mass is 10.4. The largest absolute Gasteiger partial charge is 0.474 e. The van der Waals surface area contributed by atoms with Crippen molar-refractivity contribution < 1.29 is 18.1 Å². The first kappa shape index (κ1) is 10.8. The second-order valence-corrected chi connectivity index (χ2v) is 3.69. The highest BCUT2D eigenvalue weighted by Gasteiger charge is 2.24. The molecule has 0 aromatic rings. The van der Waals surface area contributed by atoms with Gasteiger partial charge in [0.1, 0.15) is 0 Å². The molecule has 1 unspecified atom stereocenters. The minimum atomic E-state index is -3.33. The Morgan fingerprint density at radius 3 is 2.18 bits per heavy atom. The van der Waals surface area contributed by atoms with E-state index in [9.17, 15) is 4.57 Å². The van der Waals surface area contributed by atoms with Crippen molar-refractivity contribution in [3.63, 3.8) is 0 Å². The zero-order chi connectivity index (χ0) is 8.91. The second-order valence-electron chi connectivity index (χ2n) is 1.86. The zero-order valence-corrected chi connectivity index (χ0v) is 7.84. The van der Waals surface area contributed by atoms with E-state index in [0.717, 1.165) is 0 Å². The van der Waals surface area contributed by atoms with E-state index in [4.69, 9.17) is 4.52 Å². The average Bonchev–Trinajstić information content (AvgIpc) is 2.04. The molecule has 0 amide bonds. The number of phosphoric ester groups is 1. The summed E-state index contributed by atoms with van der Waals surface area (Å²) in [6.07, 6.45) is 1.16. The van der Waals surface area contributed by atoms with Crippen LogP contribution in [0.2, 0.25) is 0 Å². The summed E-state index contributed by atoms with van der Waals surface area (Å²) in [7, 11) is -0.797. The highest BCUT2D eigenvalue weighted by atomic mass is 31.2. The fraction of sp³-hybridized carbons (Fsp3) is 0.667. The van der Waals surface area contributed by atoms with E-state index in [-0.39, 0.29) is 6.10 Å². The monoisotopic (exact) mass is 180 g/mol. The van der Waals surface area contributed by atoms with Gasteiger partial charge in [0.05, 0.1) is 6.10 Å². The molecule has 5 heteroatoms. The Morgan fingerprint density at radius 2 is 1.91 bits per heavy atom. The summed E-state index contributed by atoms with van der Waals surface area (Å²) in [5, 5.41) is 0. The Bertz CT molecular complexity index is 160. The average molecular weight is 180 g/mol. The fourth-order valence-electron chi connectivity index (χ4n) is 0.407. The molecule has 0 heterocycles. The molecule has 0 aromatic carbocycles. The van der Waals surface area contributed by atoms with Crippen LogP contribution >= 0.6 is 7.82 Å². The standard InChI is InChI=1S/C6H13O4P/c1-5-6(2)10-11(7,8-3)9-4/h5-6H,1H2,2-4H3. The van der Waals surface area contributed by atoms with E-state index >= 15 is 0 Å². The maximum atomic E-state index is 11.2. The maximum Gasteiger partial charge on any atom is 0.474 e. The van der Waals surface area contributed by atoms with Crippen molar-refractivity contribution in [2.75, 3.05) is 14.2 Å². The molecule has 0 bridgehead atoms. The van der Waals surface area contributed by atoms with Gasteiger partial charge < -0.3 is 0 Å². The van der Waals surface area contributed by atoms with Crippen LogP contribution in [0.3, 0.4) is 0 Å². The summed E-state index contributed by atoms with van der Waals surface area (Å²) in [5.41, 5.74) is 0. The second kappa shape index (κ2) is 4.67. The molecule has 0 rings (SSSR count). The Labute approximate surface area is 66.8 Å². The summed E-state index contributed by atoms with van der Waals surface area (Å²) in [6.45, 7) is 5.15. The topological polar surface area (TPSA) is 44.8 Å². The lowest BCUT2D eigenvalue weighted by molar-refractivity contribution is 0.133. The van der Waals surface area contributed by atoms with Crippen LogP contribution < -0.4 is 0 Å². The van der Waals surface area contributed by atoms with Crippen LogP contribution in [0.1, 0.15) is 6.92 Å². The van der Waals surface area contributed by atoms with Crippen molar-refractivity contribution in [1.29, 1.82) is 0 Å². The van der Waals surface area contributed by atoms with Crippen molar-refractivity contribution in [3.8, 4) is 0 Å². The quantitative estimate of drug-likeness (QED) is 0.479. The van der Waals surface area contributed by atoms with Gasteiger partial charge >= 0.3 is 7.82 Å². The normalized spacial score (nSPS) is 14.5. The van der Waals surface area contributed by atoms with Crippen molar-refractivity contribution in [3.05, 3.63) is 12.7 Å². The first-order valence-corrected chi connectivity index (χ1v) is 4.56. The van der Waals surface area contributed by atoms with E-state index < -0.39 is 7.82 Å². The first-order chi connectivity index (χ1) is 5.08. The predicted octanol–water partition coefficient (Wildman–Crippen LogP) is 1.98. The van der Waals surface area contributed by atoms with Crippen molar-refractivity contribution in [2.45, 2.75) is 13.0 Å². The van der Waals surface area contributed by atoms with E-state index in [1.807, 2.05) is 0 Å². The van der Waals surface area contributed by atoms with Crippen LogP contribution in [0, 0.1) is 0 Å². The predicted molar refractivity (Wildman–Crippen MR) is 42.4 cm³/mol. The molecule has 0 saturated heterocycles. The van der Waals surface area contributed by atoms with Gasteiger partial charge in [0.2, 0.25) is 0 Å². The Balaban J connectivity index is 4.08. The summed E-state index contributed by atoms with van der Waals surface area (Å²) >= 11 is 0. The maximum absolute atomic E-state index is 11.2. The van der Waals surface area contributed by atoms with Gasteiger partial charge in [0.15, 0.2) is 0 Å². The number of rotatable bonds is 5. The number of phosphoric acid groups is 1. The highest BCUT2D eigenvalue weighted by Crippen LogP contribution is 2.48. The van der Waals surface area contributed by atoms with E-state index in [2.05, 4.69) is 15.6 Å². The van der Waals surface area contributed by atoms with Crippen LogP contribution in [0.15, 0.2) is 12.7 Å². The van der Waals surface area contributed by atoms with Gasteiger partial charge in [-0.1, -0.05) is 6.08 Å². The van der Waals surface area contributed by atoms with Gasteiger partial charge in [-0.25, -0.2) is 4.57 Å². The van der Waals surface area contributed by atoms with Crippen LogP contribution in [-0.2, 0) is 18.1 Å². The molecule has 0 aliphatic heterocycles. The first-order valence-electron chi connectivity index (χ1n) is 3.10. The van der Waals surface area contributed by atoms with E-state index in [0.29, 0.717) is 0 Å². The molecule has 0 aromatic heterocycles. The molecular weight excluding hydrogens is 167 g/mol. The van der Waals surface area contributed by atoms with Gasteiger partial charge in [0.25, 0.3) is 0 Å². The molecule has 0 aliphatic rings. The summed E-state index contributed by atoms with van der Waals surface area (Å²) in [6, 6.07) is 0. The summed E-state index contributed by atoms with van der Waals surface area (Å²) in [5.74, 6) is 0. The van der Waals surface area contributed by atoms with E-state index in [1.54, 1.807) is 6.92 Å². The third kappa shape index (κ3) is 3.68. The van der Waals surface area contributed by atoms with Gasteiger partial charge in [-0.15, -0.1) is 6.58 Å². The molecular formula is C6H13O4P. The van der Waals surface area contributed by atoms with Crippen LogP contribution in [-0.4, -0.2) is 20.3 Å². The molecule has 66 valence electrons. The lowest BCUT2D eigenvalue weighted by Crippen LogP contribution is -2.04. The van der Waals surface area contributed by atoms with Gasteiger partial charge in [0, 0.05) is 14.2 Å². The summed E-state index contributed by atoms with van der Waals surface area (Å²) in [4.78, 5) is 0. The van der Waals surface area contributed by atoms with E-state index in [1.165, 1.54) is 20.3 Å². The molecule has 0 aliphatic carbocycles. The van der Waals surface area contributed by atoms with Gasteiger partial charge in [-0.3, -0.25) is 13.6 Å². The fourth-order valence-corrected chi connectivity index (χ4v) is 1.22. The Kier molecular flexibility index (Phi) is 4.61. The highest BCUT2D eigenvalue weighted by molar-refractivity contribution is 7.48. The summed E-state index contributed by atoms with van der Waals surface area (Å²) < 4.78 is 25.1. The molecule has 4 nitrogen and oxygen atoms in total. The van der Waals surface area contributed by atoms with Crippen molar-refractivity contribution in [1.82, 2.24) is 0 Å². The van der Waals surface area contributed by atoms with Crippen LogP contribution in [0.4, 0.5) is 0 Å².